The molecule has 0 spiro atoms. The smallest absolute Gasteiger partial charge is 0.224 e. The molecule has 0 unspecified atom stereocenters. The zero-order valence-electron chi connectivity index (χ0n) is 14.3. The molecular formula is C20H22FNO2S. The van der Waals surface area contributed by atoms with Crippen LogP contribution in [0, 0.1) is 5.82 Å². The Morgan fingerprint density at radius 1 is 1.00 bits per heavy atom. The van der Waals surface area contributed by atoms with Gasteiger partial charge in [-0.05, 0) is 55.0 Å². The molecular weight excluding hydrogens is 337 g/mol. The first-order valence-electron chi connectivity index (χ1n) is 8.40. The topological polar surface area (TPSA) is 46.2 Å². The fraction of sp³-hybridized carbons (Fsp3) is 0.300. The summed E-state index contributed by atoms with van der Waals surface area (Å²) in [5, 5.41) is 2.84. The second-order valence-corrected chi connectivity index (χ2v) is 6.80. The Morgan fingerprint density at radius 3 is 2.32 bits per heavy atom. The van der Waals surface area contributed by atoms with Crippen LogP contribution in [0.15, 0.2) is 53.4 Å². The number of anilines is 1. The highest BCUT2D eigenvalue weighted by Crippen LogP contribution is 2.20. The summed E-state index contributed by atoms with van der Waals surface area (Å²) >= 11 is 1.37. The van der Waals surface area contributed by atoms with Gasteiger partial charge >= 0.3 is 0 Å². The maximum Gasteiger partial charge on any atom is 0.224 e. The number of unbranched alkanes of at least 4 members (excludes halogenated alkanes) is 2. The summed E-state index contributed by atoms with van der Waals surface area (Å²) in [6.45, 7) is 2.10. The SMILES string of the molecule is CCCCCC(=O)Nc1ccc(C(=O)CSc2ccc(F)cc2)cc1. The Bertz CT molecular complexity index is 699. The third-order valence-corrected chi connectivity index (χ3v) is 4.69. The Labute approximate surface area is 152 Å². The molecule has 0 bridgehead atoms. The number of carbonyl (C=O) groups is 2. The summed E-state index contributed by atoms with van der Waals surface area (Å²) in [5.41, 5.74) is 1.29. The van der Waals surface area contributed by atoms with E-state index in [1.54, 1.807) is 36.4 Å². The van der Waals surface area contributed by atoms with E-state index in [4.69, 9.17) is 0 Å². The third kappa shape index (κ3) is 6.70. The van der Waals surface area contributed by atoms with Crippen LogP contribution in [0.1, 0.15) is 43.0 Å². The molecule has 25 heavy (non-hydrogen) atoms. The first-order chi connectivity index (χ1) is 12.1. The average molecular weight is 359 g/mol. The van der Waals surface area contributed by atoms with Gasteiger partial charge in [-0.25, -0.2) is 4.39 Å². The van der Waals surface area contributed by atoms with Crippen LogP contribution < -0.4 is 5.32 Å². The quantitative estimate of drug-likeness (QED) is 0.374. The van der Waals surface area contributed by atoms with Crippen LogP contribution in [0.2, 0.25) is 0 Å². The van der Waals surface area contributed by atoms with Crippen molar-refractivity contribution < 1.29 is 14.0 Å². The number of Topliss-reactive ketones (excluding diaryl/α,β-unsaturated/α-hetero) is 1. The highest BCUT2D eigenvalue weighted by Gasteiger charge is 2.08. The lowest BCUT2D eigenvalue weighted by Gasteiger charge is -2.06. The Morgan fingerprint density at radius 2 is 1.68 bits per heavy atom. The normalized spacial score (nSPS) is 10.5. The van der Waals surface area contributed by atoms with E-state index >= 15 is 0 Å². The van der Waals surface area contributed by atoms with E-state index in [9.17, 15) is 14.0 Å². The number of rotatable bonds is 9. The van der Waals surface area contributed by atoms with Gasteiger partial charge in [0.1, 0.15) is 5.82 Å². The molecule has 2 aromatic rings. The summed E-state index contributed by atoms with van der Waals surface area (Å²) in [6.07, 6.45) is 3.54. The standard InChI is InChI=1S/C20H22FNO2S/c1-2-3-4-5-20(24)22-17-10-6-15(7-11-17)19(23)14-25-18-12-8-16(21)9-13-18/h6-13H,2-5,14H2,1H3,(H,22,24). The molecule has 1 N–H and O–H groups in total. The Kier molecular flexibility index (Phi) is 7.67. The largest absolute Gasteiger partial charge is 0.326 e. The third-order valence-electron chi connectivity index (χ3n) is 3.68. The fourth-order valence-corrected chi connectivity index (χ4v) is 3.05. The number of ketones is 1. The van der Waals surface area contributed by atoms with Gasteiger partial charge in [-0.1, -0.05) is 19.8 Å². The molecule has 0 saturated carbocycles. The predicted octanol–water partition coefficient (Wildman–Crippen LogP) is 5.32. The van der Waals surface area contributed by atoms with Crippen molar-refractivity contribution in [2.24, 2.45) is 0 Å². The molecule has 0 aromatic heterocycles. The first-order valence-corrected chi connectivity index (χ1v) is 9.38. The molecule has 0 aliphatic heterocycles. The number of carbonyl (C=O) groups excluding carboxylic acids is 2. The zero-order valence-corrected chi connectivity index (χ0v) is 15.1. The molecule has 2 aromatic carbocycles. The van der Waals surface area contributed by atoms with Crippen LogP contribution >= 0.6 is 11.8 Å². The van der Waals surface area contributed by atoms with Crippen LogP contribution in [-0.4, -0.2) is 17.4 Å². The van der Waals surface area contributed by atoms with Crippen molar-refractivity contribution in [1.82, 2.24) is 0 Å². The van der Waals surface area contributed by atoms with Gasteiger partial charge < -0.3 is 5.32 Å². The van der Waals surface area contributed by atoms with Gasteiger partial charge in [-0.3, -0.25) is 9.59 Å². The second kappa shape index (κ2) is 9.99. The number of thioether (sulfide) groups is 1. The van der Waals surface area contributed by atoms with Crippen molar-refractivity contribution in [2.75, 3.05) is 11.1 Å². The van der Waals surface area contributed by atoms with Crippen LogP contribution in [0.5, 0.6) is 0 Å². The lowest BCUT2D eigenvalue weighted by atomic mass is 10.1. The molecule has 5 heteroatoms. The number of halogens is 1. The molecule has 0 atom stereocenters. The summed E-state index contributed by atoms with van der Waals surface area (Å²) in [7, 11) is 0. The van der Waals surface area contributed by atoms with Crippen LogP contribution in [-0.2, 0) is 4.79 Å². The average Bonchev–Trinajstić information content (AvgIpc) is 2.62. The van der Waals surface area contributed by atoms with Gasteiger partial charge in [-0.2, -0.15) is 0 Å². The van der Waals surface area contributed by atoms with E-state index in [0.717, 1.165) is 24.2 Å². The van der Waals surface area contributed by atoms with Crippen LogP contribution in [0.4, 0.5) is 10.1 Å². The number of benzene rings is 2. The monoisotopic (exact) mass is 359 g/mol. The number of hydrogen-bond acceptors (Lipinski definition) is 3. The van der Waals surface area contributed by atoms with Crippen molar-refractivity contribution in [3.63, 3.8) is 0 Å². The highest BCUT2D eigenvalue weighted by atomic mass is 32.2. The van der Waals surface area contributed by atoms with E-state index < -0.39 is 0 Å². The van der Waals surface area contributed by atoms with Gasteiger partial charge in [0.25, 0.3) is 0 Å². The minimum Gasteiger partial charge on any atom is -0.326 e. The van der Waals surface area contributed by atoms with E-state index in [1.165, 1.54) is 23.9 Å². The maximum absolute atomic E-state index is 12.9. The first kappa shape index (κ1) is 19.2. The maximum atomic E-state index is 12.9. The number of nitrogens with one attached hydrogen (secondary N) is 1. The predicted molar refractivity (Wildman–Crippen MR) is 101 cm³/mol. The molecule has 132 valence electrons. The minimum atomic E-state index is -0.289. The van der Waals surface area contributed by atoms with E-state index in [-0.39, 0.29) is 23.3 Å². The van der Waals surface area contributed by atoms with E-state index in [2.05, 4.69) is 12.2 Å². The van der Waals surface area contributed by atoms with E-state index in [1.807, 2.05) is 0 Å². The molecule has 1 amide bonds. The van der Waals surface area contributed by atoms with Gasteiger partial charge in [0.2, 0.25) is 5.91 Å². The Balaban J connectivity index is 1.83. The summed E-state index contributed by atoms with van der Waals surface area (Å²) in [5.74, 6) is -0.00787. The number of hydrogen-bond donors (Lipinski definition) is 1. The van der Waals surface area contributed by atoms with Crippen molar-refractivity contribution in [3.05, 3.63) is 59.9 Å². The summed E-state index contributed by atoms with van der Waals surface area (Å²) in [4.78, 5) is 24.8. The highest BCUT2D eigenvalue weighted by molar-refractivity contribution is 8.00. The van der Waals surface area contributed by atoms with Crippen LogP contribution in [0.3, 0.4) is 0 Å². The van der Waals surface area contributed by atoms with Crippen LogP contribution in [0.25, 0.3) is 0 Å². The molecule has 2 rings (SSSR count). The van der Waals surface area contributed by atoms with Crippen molar-refractivity contribution in [2.45, 2.75) is 37.5 Å². The van der Waals surface area contributed by atoms with Crippen molar-refractivity contribution >= 4 is 29.1 Å². The molecule has 3 nitrogen and oxygen atoms in total. The van der Waals surface area contributed by atoms with Gasteiger partial charge in [0.15, 0.2) is 5.78 Å². The molecule has 0 aliphatic rings. The molecule has 0 fully saturated rings. The molecule has 0 aliphatic carbocycles. The summed E-state index contributed by atoms with van der Waals surface area (Å²) < 4.78 is 12.9. The lowest BCUT2D eigenvalue weighted by Crippen LogP contribution is -2.11. The van der Waals surface area contributed by atoms with Gasteiger partial charge in [0, 0.05) is 22.6 Å². The Hall–Kier alpha value is -2.14. The summed E-state index contributed by atoms with van der Waals surface area (Å²) in [6, 6.07) is 13.0. The van der Waals surface area contributed by atoms with Crippen molar-refractivity contribution in [1.29, 1.82) is 0 Å². The molecule has 0 radical (unpaired) electrons. The van der Waals surface area contributed by atoms with Gasteiger partial charge in [0.05, 0.1) is 5.75 Å². The fourth-order valence-electron chi connectivity index (χ4n) is 2.26. The van der Waals surface area contributed by atoms with Crippen molar-refractivity contribution in [3.8, 4) is 0 Å². The minimum absolute atomic E-state index is 0.000563. The zero-order chi connectivity index (χ0) is 18.1. The van der Waals surface area contributed by atoms with Gasteiger partial charge in [-0.15, -0.1) is 11.8 Å². The molecule has 0 heterocycles. The van der Waals surface area contributed by atoms with E-state index in [0.29, 0.717) is 17.7 Å². The lowest BCUT2D eigenvalue weighted by molar-refractivity contribution is -0.116. The number of amides is 1. The molecule has 0 saturated heterocycles. The second-order valence-electron chi connectivity index (χ2n) is 5.75.